The number of hydrogen-bond acceptors (Lipinski definition) is 2. The van der Waals surface area contributed by atoms with Crippen LogP contribution in [0.15, 0.2) is 24.3 Å². The van der Waals surface area contributed by atoms with E-state index in [1.54, 1.807) is 0 Å². The number of rotatable bonds is 6. The van der Waals surface area contributed by atoms with Crippen LogP contribution >= 0.6 is 0 Å². The second kappa shape index (κ2) is 7.42. The Kier molecular flexibility index (Phi) is 5.83. The number of benzene rings is 1. The van der Waals surface area contributed by atoms with E-state index >= 15 is 0 Å². The molecule has 1 N–H and O–H groups in total. The first-order chi connectivity index (χ1) is 9.97. The first kappa shape index (κ1) is 16.5. The number of nitrogens with one attached hydrogen (secondary N) is 1. The van der Waals surface area contributed by atoms with E-state index in [1.807, 2.05) is 0 Å². The Balaban J connectivity index is 1.68. The zero-order valence-corrected chi connectivity index (χ0v) is 14.3. The average molecular weight is 288 g/mol. The summed E-state index contributed by atoms with van der Waals surface area (Å²) in [6.07, 6.45) is 5.63. The smallest absolute Gasteiger partial charge is 0.0206 e. The predicted molar refractivity (Wildman–Crippen MR) is 91.7 cm³/mol. The fourth-order valence-corrected chi connectivity index (χ4v) is 3.14. The SMILES string of the molecule is CN(CCNCc1ccc(C(C)(C)C)cc1)C1CCCC1. The van der Waals surface area contributed by atoms with Crippen LogP contribution in [-0.4, -0.2) is 31.1 Å². The van der Waals surface area contributed by atoms with Crippen molar-refractivity contribution >= 4 is 0 Å². The molecule has 0 atom stereocenters. The minimum Gasteiger partial charge on any atom is -0.311 e. The Morgan fingerprint density at radius 2 is 1.71 bits per heavy atom. The number of likely N-dealkylation sites (N-methyl/N-ethyl adjacent to an activating group) is 1. The summed E-state index contributed by atoms with van der Waals surface area (Å²) in [6, 6.07) is 9.88. The fraction of sp³-hybridized carbons (Fsp3) is 0.684. The summed E-state index contributed by atoms with van der Waals surface area (Å²) in [7, 11) is 2.27. The molecular weight excluding hydrogens is 256 g/mol. The van der Waals surface area contributed by atoms with Crippen molar-refractivity contribution in [2.45, 2.75) is 64.5 Å². The molecule has 1 aliphatic carbocycles. The lowest BCUT2D eigenvalue weighted by Gasteiger charge is -2.24. The van der Waals surface area contributed by atoms with Gasteiger partial charge >= 0.3 is 0 Å². The lowest BCUT2D eigenvalue weighted by atomic mass is 9.87. The van der Waals surface area contributed by atoms with Crippen molar-refractivity contribution < 1.29 is 0 Å². The van der Waals surface area contributed by atoms with Gasteiger partial charge in [0.25, 0.3) is 0 Å². The van der Waals surface area contributed by atoms with E-state index in [2.05, 4.69) is 62.3 Å². The number of nitrogens with zero attached hydrogens (tertiary/aromatic N) is 1. The van der Waals surface area contributed by atoms with E-state index in [1.165, 1.54) is 36.8 Å². The van der Waals surface area contributed by atoms with Crippen LogP contribution in [0.25, 0.3) is 0 Å². The average Bonchev–Trinajstić information content (AvgIpc) is 2.97. The summed E-state index contributed by atoms with van der Waals surface area (Å²) >= 11 is 0. The minimum absolute atomic E-state index is 0.246. The van der Waals surface area contributed by atoms with E-state index < -0.39 is 0 Å². The Bertz CT molecular complexity index is 410. The molecule has 0 aliphatic heterocycles. The third kappa shape index (κ3) is 5.12. The molecule has 0 radical (unpaired) electrons. The van der Waals surface area contributed by atoms with Gasteiger partial charge in [-0.05, 0) is 36.4 Å². The standard InChI is InChI=1S/C19H32N2/c1-19(2,3)17-11-9-16(10-12-17)15-20-13-14-21(4)18-7-5-6-8-18/h9-12,18,20H,5-8,13-15H2,1-4H3. The monoisotopic (exact) mass is 288 g/mol. The maximum absolute atomic E-state index is 3.57. The largest absolute Gasteiger partial charge is 0.311 e. The lowest BCUT2D eigenvalue weighted by molar-refractivity contribution is 0.245. The Morgan fingerprint density at radius 1 is 1.10 bits per heavy atom. The molecule has 0 spiro atoms. The summed E-state index contributed by atoms with van der Waals surface area (Å²) in [5.74, 6) is 0. The van der Waals surface area contributed by atoms with E-state index in [0.717, 1.165) is 25.7 Å². The van der Waals surface area contributed by atoms with E-state index in [9.17, 15) is 0 Å². The fourth-order valence-electron chi connectivity index (χ4n) is 3.14. The Morgan fingerprint density at radius 3 is 2.29 bits per heavy atom. The summed E-state index contributed by atoms with van der Waals surface area (Å²) in [6.45, 7) is 10.00. The van der Waals surface area contributed by atoms with Crippen LogP contribution in [0.1, 0.15) is 57.6 Å². The molecule has 2 nitrogen and oxygen atoms in total. The highest BCUT2D eigenvalue weighted by atomic mass is 15.1. The molecule has 118 valence electrons. The second-order valence-electron chi connectivity index (χ2n) is 7.54. The van der Waals surface area contributed by atoms with Gasteiger partial charge in [-0.1, -0.05) is 57.9 Å². The molecule has 21 heavy (non-hydrogen) atoms. The highest BCUT2D eigenvalue weighted by Gasteiger charge is 2.18. The third-order valence-electron chi connectivity index (χ3n) is 4.74. The van der Waals surface area contributed by atoms with Crippen LogP contribution < -0.4 is 5.32 Å². The molecule has 2 heteroatoms. The van der Waals surface area contributed by atoms with E-state index in [-0.39, 0.29) is 5.41 Å². The quantitative estimate of drug-likeness (QED) is 0.797. The highest BCUT2D eigenvalue weighted by molar-refractivity contribution is 5.27. The molecule has 1 aromatic rings. The van der Waals surface area contributed by atoms with Crippen LogP contribution in [-0.2, 0) is 12.0 Å². The van der Waals surface area contributed by atoms with Crippen LogP contribution in [0, 0.1) is 0 Å². The molecule has 1 aromatic carbocycles. The van der Waals surface area contributed by atoms with Gasteiger partial charge in [-0.2, -0.15) is 0 Å². The van der Waals surface area contributed by atoms with E-state index in [0.29, 0.717) is 0 Å². The summed E-state index contributed by atoms with van der Waals surface area (Å²) in [4.78, 5) is 2.53. The summed E-state index contributed by atoms with van der Waals surface area (Å²) in [5, 5.41) is 3.57. The van der Waals surface area contributed by atoms with Crippen molar-refractivity contribution in [1.29, 1.82) is 0 Å². The second-order valence-corrected chi connectivity index (χ2v) is 7.54. The molecule has 0 unspecified atom stereocenters. The normalized spacial score (nSPS) is 16.8. The molecule has 1 fully saturated rings. The molecule has 2 rings (SSSR count). The molecule has 0 bridgehead atoms. The highest BCUT2D eigenvalue weighted by Crippen LogP contribution is 2.22. The lowest BCUT2D eigenvalue weighted by Crippen LogP contribution is -2.35. The van der Waals surface area contributed by atoms with Crippen molar-refractivity contribution in [2.24, 2.45) is 0 Å². The molecule has 1 aliphatic rings. The predicted octanol–water partition coefficient (Wildman–Crippen LogP) is 3.95. The maximum atomic E-state index is 3.57. The van der Waals surface area contributed by atoms with Crippen molar-refractivity contribution in [3.8, 4) is 0 Å². The summed E-state index contributed by atoms with van der Waals surface area (Å²) in [5.41, 5.74) is 3.04. The van der Waals surface area contributed by atoms with Gasteiger partial charge in [0, 0.05) is 25.7 Å². The Hall–Kier alpha value is -0.860. The van der Waals surface area contributed by atoms with Crippen LogP contribution in [0.5, 0.6) is 0 Å². The third-order valence-corrected chi connectivity index (χ3v) is 4.74. The zero-order chi connectivity index (χ0) is 15.3. The maximum Gasteiger partial charge on any atom is 0.0206 e. The van der Waals surface area contributed by atoms with Gasteiger partial charge < -0.3 is 10.2 Å². The van der Waals surface area contributed by atoms with Gasteiger partial charge in [0.15, 0.2) is 0 Å². The van der Waals surface area contributed by atoms with Crippen molar-refractivity contribution in [1.82, 2.24) is 10.2 Å². The number of hydrogen-bond donors (Lipinski definition) is 1. The molecule has 0 aromatic heterocycles. The van der Waals surface area contributed by atoms with Crippen LogP contribution in [0.4, 0.5) is 0 Å². The van der Waals surface area contributed by atoms with Gasteiger partial charge in [-0.15, -0.1) is 0 Å². The van der Waals surface area contributed by atoms with Crippen molar-refractivity contribution in [3.63, 3.8) is 0 Å². The van der Waals surface area contributed by atoms with Gasteiger partial charge in [0.05, 0.1) is 0 Å². The minimum atomic E-state index is 0.246. The molecule has 0 saturated heterocycles. The van der Waals surface area contributed by atoms with Gasteiger partial charge in [-0.3, -0.25) is 0 Å². The van der Waals surface area contributed by atoms with Crippen LogP contribution in [0.3, 0.4) is 0 Å². The van der Waals surface area contributed by atoms with Gasteiger partial charge in [0.1, 0.15) is 0 Å². The molecule has 1 saturated carbocycles. The van der Waals surface area contributed by atoms with E-state index in [4.69, 9.17) is 0 Å². The Labute approximate surface area is 130 Å². The van der Waals surface area contributed by atoms with Gasteiger partial charge in [0.2, 0.25) is 0 Å². The first-order valence-electron chi connectivity index (χ1n) is 8.47. The molecular formula is C19H32N2. The molecule has 0 amide bonds. The topological polar surface area (TPSA) is 15.3 Å². The zero-order valence-electron chi connectivity index (χ0n) is 14.3. The summed E-state index contributed by atoms with van der Waals surface area (Å²) < 4.78 is 0. The van der Waals surface area contributed by atoms with Crippen LogP contribution in [0.2, 0.25) is 0 Å². The first-order valence-corrected chi connectivity index (χ1v) is 8.47. The van der Waals surface area contributed by atoms with Crippen molar-refractivity contribution in [2.75, 3.05) is 20.1 Å². The molecule has 0 heterocycles. The van der Waals surface area contributed by atoms with Gasteiger partial charge in [-0.25, -0.2) is 0 Å². The van der Waals surface area contributed by atoms with Crippen molar-refractivity contribution in [3.05, 3.63) is 35.4 Å².